The van der Waals surface area contributed by atoms with Gasteiger partial charge in [0, 0.05) is 12.1 Å². The summed E-state index contributed by atoms with van der Waals surface area (Å²) in [6.45, 7) is 9.92. The Labute approximate surface area is 109 Å². The molecule has 0 saturated carbocycles. The number of hydrogen-bond donors (Lipinski definition) is 2. The molecule has 0 bridgehead atoms. The molecule has 3 N–H and O–H groups in total. The molecule has 0 heterocycles. The average molecular weight is 249 g/mol. The van der Waals surface area contributed by atoms with Gasteiger partial charge in [0.25, 0.3) is 0 Å². The first-order valence-corrected chi connectivity index (χ1v) is 6.38. The van der Waals surface area contributed by atoms with Gasteiger partial charge in [0.1, 0.15) is 18.2 Å². The summed E-state index contributed by atoms with van der Waals surface area (Å²) in [7, 11) is 0. The van der Waals surface area contributed by atoms with Crippen LogP contribution in [-0.4, -0.2) is 37.0 Å². The molecule has 0 unspecified atom stereocenters. The van der Waals surface area contributed by atoms with Crippen molar-refractivity contribution in [1.82, 2.24) is 4.90 Å². The molecule has 100 valence electrons. The minimum atomic E-state index is 0.0728. The van der Waals surface area contributed by atoms with E-state index in [0.29, 0.717) is 12.2 Å². The predicted octanol–water partition coefficient (Wildman–Crippen LogP) is 2.00. The first kappa shape index (κ1) is 14.5. The molecule has 0 aromatic heterocycles. The molecule has 0 saturated heterocycles. The molecule has 4 heteroatoms. The quantitative estimate of drug-likeness (QED) is 0.574. The number of aryl methyl sites for hydroxylation is 1. The highest BCUT2D eigenvalue weighted by molar-refractivity contribution is 5.95. The van der Waals surface area contributed by atoms with E-state index in [1.807, 2.05) is 25.1 Å². The highest BCUT2D eigenvalue weighted by Gasteiger charge is 2.05. The van der Waals surface area contributed by atoms with E-state index in [1.165, 1.54) is 0 Å². The number of nitrogen functional groups attached to an aromatic ring is 1. The summed E-state index contributed by atoms with van der Waals surface area (Å²) in [5, 5.41) is 7.42. The molecular weight excluding hydrogens is 226 g/mol. The Hall–Kier alpha value is -1.55. The molecule has 4 nitrogen and oxygen atoms in total. The Morgan fingerprint density at radius 3 is 2.56 bits per heavy atom. The van der Waals surface area contributed by atoms with Gasteiger partial charge in [0.2, 0.25) is 0 Å². The Morgan fingerprint density at radius 2 is 2.00 bits per heavy atom. The summed E-state index contributed by atoms with van der Waals surface area (Å²) in [5.74, 6) is 0.887. The van der Waals surface area contributed by atoms with E-state index < -0.39 is 0 Å². The fourth-order valence-electron chi connectivity index (χ4n) is 1.75. The van der Waals surface area contributed by atoms with E-state index in [9.17, 15) is 0 Å². The van der Waals surface area contributed by atoms with E-state index in [0.717, 1.165) is 30.9 Å². The molecule has 0 amide bonds. The van der Waals surface area contributed by atoms with Gasteiger partial charge in [-0.05, 0) is 31.6 Å². The normalized spacial score (nSPS) is 10.7. The van der Waals surface area contributed by atoms with Gasteiger partial charge in [-0.1, -0.05) is 26.0 Å². The van der Waals surface area contributed by atoms with Crippen molar-refractivity contribution in [3.63, 3.8) is 0 Å². The van der Waals surface area contributed by atoms with Crippen molar-refractivity contribution in [3.05, 3.63) is 29.3 Å². The van der Waals surface area contributed by atoms with Crippen molar-refractivity contribution in [1.29, 1.82) is 5.41 Å². The second kappa shape index (κ2) is 7.01. The lowest BCUT2D eigenvalue weighted by Gasteiger charge is -2.18. The van der Waals surface area contributed by atoms with Gasteiger partial charge in [0.15, 0.2) is 0 Å². The van der Waals surface area contributed by atoms with Gasteiger partial charge in [-0.15, -0.1) is 0 Å². The molecule has 1 aromatic carbocycles. The fraction of sp³-hybridized carbons (Fsp3) is 0.500. The van der Waals surface area contributed by atoms with Gasteiger partial charge in [-0.3, -0.25) is 5.41 Å². The van der Waals surface area contributed by atoms with Gasteiger partial charge >= 0.3 is 0 Å². The monoisotopic (exact) mass is 249 g/mol. The SMILES string of the molecule is CCN(CC)CCOc1cc(C(=N)N)ccc1C. The fourth-order valence-corrected chi connectivity index (χ4v) is 1.75. The molecule has 0 aliphatic rings. The first-order valence-electron chi connectivity index (χ1n) is 6.38. The van der Waals surface area contributed by atoms with Crippen molar-refractivity contribution in [2.45, 2.75) is 20.8 Å². The number of nitrogens with zero attached hydrogens (tertiary/aromatic N) is 1. The van der Waals surface area contributed by atoms with Crippen LogP contribution in [0, 0.1) is 12.3 Å². The largest absolute Gasteiger partial charge is 0.492 e. The third-order valence-corrected chi connectivity index (χ3v) is 3.06. The topological polar surface area (TPSA) is 62.3 Å². The van der Waals surface area contributed by atoms with Crippen LogP contribution in [0.4, 0.5) is 0 Å². The highest BCUT2D eigenvalue weighted by Crippen LogP contribution is 2.19. The van der Waals surface area contributed by atoms with Crippen molar-refractivity contribution >= 4 is 5.84 Å². The number of rotatable bonds is 7. The summed E-state index contributed by atoms with van der Waals surface area (Å²) >= 11 is 0. The Morgan fingerprint density at radius 1 is 1.33 bits per heavy atom. The molecule has 1 aromatic rings. The summed E-state index contributed by atoms with van der Waals surface area (Å²) in [4.78, 5) is 2.31. The van der Waals surface area contributed by atoms with E-state index in [2.05, 4.69) is 18.7 Å². The standard InChI is InChI=1S/C14H23N3O/c1-4-17(5-2)8-9-18-13-10-12(14(15)16)7-6-11(13)3/h6-7,10H,4-5,8-9H2,1-3H3,(H3,15,16). The maximum atomic E-state index is 7.42. The van der Waals surface area contributed by atoms with Crippen LogP contribution in [0.5, 0.6) is 5.75 Å². The van der Waals surface area contributed by atoms with E-state index in [4.69, 9.17) is 15.9 Å². The summed E-state index contributed by atoms with van der Waals surface area (Å²) in [6, 6.07) is 5.61. The molecular formula is C14H23N3O. The average Bonchev–Trinajstić information content (AvgIpc) is 2.36. The molecule has 0 fully saturated rings. The molecule has 0 aliphatic heterocycles. The molecule has 0 radical (unpaired) electrons. The Kier molecular flexibility index (Phi) is 5.65. The Balaban J connectivity index is 2.61. The number of amidine groups is 1. The number of benzene rings is 1. The van der Waals surface area contributed by atoms with Crippen LogP contribution in [0.2, 0.25) is 0 Å². The lowest BCUT2D eigenvalue weighted by molar-refractivity contribution is 0.222. The van der Waals surface area contributed by atoms with Crippen LogP contribution in [0.25, 0.3) is 0 Å². The lowest BCUT2D eigenvalue weighted by Crippen LogP contribution is -2.28. The summed E-state index contributed by atoms with van der Waals surface area (Å²) in [6.07, 6.45) is 0. The van der Waals surface area contributed by atoms with Crippen molar-refractivity contribution in [2.75, 3.05) is 26.2 Å². The number of nitrogens with one attached hydrogen (secondary N) is 1. The second-order valence-corrected chi connectivity index (χ2v) is 4.27. The number of likely N-dealkylation sites (N-methyl/N-ethyl adjacent to an activating group) is 1. The van der Waals surface area contributed by atoms with Crippen LogP contribution >= 0.6 is 0 Å². The zero-order valence-electron chi connectivity index (χ0n) is 11.5. The van der Waals surface area contributed by atoms with Gasteiger partial charge in [-0.2, -0.15) is 0 Å². The van der Waals surface area contributed by atoms with Crippen LogP contribution < -0.4 is 10.5 Å². The highest BCUT2D eigenvalue weighted by atomic mass is 16.5. The molecule has 1 rings (SSSR count). The maximum Gasteiger partial charge on any atom is 0.122 e. The van der Waals surface area contributed by atoms with Crippen LogP contribution in [0.1, 0.15) is 25.0 Å². The molecule has 0 aliphatic carbocycles. The first-order chi connectivity index (χ1) is 8.58. The van der Waals surface area contributed by atoms with E-state index in [1.54, 1.807) is 0 Å². The third-order valence-electron chi connectivity index (χ3n) is 3.06. The molecule has 0 spiro atoms. The van der Waals surface area contributed by atoms with Gasteiger partial charge in [-0.25, -0.2) is 0 Å². The maximum absolute atomic E-state index is 7.42. The van der Waals surface area contributed by atoms with Crippen LogP contribution in [-0.2, 0) is 0 Å². The number of hydrogen-bond acceptors (Lipinski definition) is 3. The Bertz CT molecular complexity index is 400. The third kappa shape index (κ3) is 4.04. The van der Waals surface area contributed by atoms with E-state index in [-0.39, 0.29) is 5.84 Å². The minimum absolute atomic E-state index is 0.0728. The lowest BCUT2D eigenvalue weighted by atomic mass is 10.1. The zero-order chi connectivity index (χ0) is 13.5. The van der Waals surface area contributed by atoms with E-state index >= 15 is 0 Å². The van der Waals surface area contributed by atoms with Crippen LogP contribution in [0.3, 0.4) is 0 Å². The second-order valence-electron chi connectivity index (χ2n) is 4.27. The predicted molar refractivity (Wildman–Crippen MR) is 75.5 cm³/mol. The van der Waals surface area contributed by atoms with Crippen molar-refractivity contribution < 1.29 is 4.74 Å². The smallest absolute Gasteiger partial charge is 0.122 e. The number of nitrogens with two attached hydrogens (primary N) is 1. The summed E-state index contributed by atoms with van der Waals surface area (Å²) in [5.41, 5.74) is 7.25. The van der Waals surface area contributed by atoms with Crippen LogP contribution in [0.15, 0.2) is 18.2 Å². The number of ether oxygens (including phenoxy) is 1. The van der Waals surface area contributed by atoms with Crippen molar-refractivity contribution in [2.24, 2.45) is 5.73 Å². The zero-order valence-corrected chi connectivity index (χ0v) is 11.5. The van der Waals surface area contributed by atoms with Gasteiger partial charge in [0.05, 0.1) is 0 Å². The summed E-state index contributed by atoms with van der Waals surface area (Å²) < 4.78 is 5.77. The van der Waals surface area contributed by atoms with Gasteiger partial charge < -0.3 is 15.4 Å². The van der Waals surface area contributed by atoms with Crippen molar-refractivity contribution in [3.8, 4) is 5.75 Å². The minimum Gasteiger partial charge on any atom is -0.492 e. The molecule has 18 heavy (non-hydrogen) atoms. The molecule has 0 atom stereocenters.